The van der Waals surface area contributed by atoms with Gasteiger partial charge in [0.05, 0.1) is 6.26 Å². The van der Waals surface area contributed by atoms with Crippen LogP contribution in [0, 0.1) is 5.92 Å². The van der Waals surface area contributed by atoms with E-state index >= 15 is 0 Å². The fourth-order valence-corrected chi connectivity index (χ4v) is 3.25. The summed E-state index contributed by atoms with van der Waals surface area (Å²) in [6.45, 7) is 7.78. The predicted molar refractivity (Wildman–Crippen MR) is 110 cm³/mol. The first-order valence-corrected chi connectivity index (χ1v) is 11.8. The molecule has 0 bridgehead atoms. The molecule has 1 aromatic carbocycles. The van der Waals surface area contributed by atoms with E-state index < -0.39 is 10.1 Å². The number of nitrogens with zero attached hydrogens (tertiary/aromatic N) is 1. The molecule has 0 saturated heterocycles. The third kappa shape index (κ3) is 11.0. The van der Waals surface area contributed by atoms with Gasteiger partial charge in [-0.05, 0) is 36.5 Å². The second-order valence-corrected chi connectivity index (χ2v) is 9.17. The molecule has 0 spiro atoms. The zero-order chi connectivity index (χ0) is 20.3. The molecule has 0 aliphatic carbocycles. The van der Waals surface area contributed by atoms with E-state index in [1.807, 2.05) is 17.0 Å². The second-order valence-electron chi connectivity index (χ2n) is 7.59. The Hall–Kier alpha value is -1.56. The maximum atomic E-state index is 12.7. The standard InChI is InChI=1S/C21H35NO4S/c1-5-6-7-8-9-10-21(23)22(16-15-18(2)3)17-19-11-13-20(14-12-19)26-27(4,24)25/h11-14,18H,5-10,15-17H2,1-4H3. The molecule has 0 aromatic heterocycles. The molecule has 0 unspecified atom stereocenters. The highest BCUT2D eigenvalue weighted by atomic mass is 32.2. The van der Waals surface area contributed by atoms with E-state index in [0.29, 0.717) is 18.9 Å². The van der Waals surface area contributed by atoms with Gasteiger partial charge in [-0.25, -0.2) is 0 Å². The zero-order valence-electron chi connectivity index (χ0n) is 17.2. The molecule has 0 heterocycles. The normalized spacial score (nSPS) is 11.6. The van der Waals surface area contributed by atoms with E-state index in [1.54, 1.807) is 12.1 Å². The highest BCUT2D eigenvalue weighted by Gasteiger charge is 2.14. The van der Waals surface area contributed by atoms with Gasteiger partial charge in [0.2, 0.25) is 5.91 Å². The average Bonchev–Trinajstić information content (AvgIpc) is 2.58. The number of hydrogen-bond acceptors (Lipinski definition) is 4. The second kappa shape index (κ2) is 12.0. The number of hydrogen-bond donors (Lipinski definition) is 0. The van der Waals surface area contributed by atoms with E-state index in [2.05, 4.69) is 20.8 Å². The Kier molecular flexibility index (Phi) is 10.4. The molecule has 0 aliphatic heterocycles. The van der Waals surface area contributed by atoms with Gasteiger partial charge in [0.1, 0.15) is 5.75 Å². The van der Waals surface area contributed by atoms with Gasteiger partial charge in [0.25, 0.3) is 0 Å². The van der Waals surface area contributed by atoms with Crippen LogP contribution in [0.3, 0.4) is 0 Å². The lowest BCUT2D eigenvalue weighted by Crippen LogP contribution is -2.32. The van der Waals surface area contributed by atoms with Crippen LogP contribution in [0.1, 0.15) is 71.3 Å². The summed E-state index contributed by atoms with van der Waals surface area (Å²) in [4.78, 5) is 14.6. The number of rotatable bonds is 13. The average molecular weight is 398 g/mol. The van der Waals surface area contributed by atoms with Crippen molar-refractivity contribution in [2.24, 2.45) is 5.92 Å². The van der Waals surface area contributed by atoms with Crippen LogP contribution in [0.15, 0.2) is 24.3 Å². The first kappa shape index (κ1) is 23.5. The lowest BCUT2D eigenvalue weighted by atomic mass is 10.1. The third-order valence-corrected chi connectivity index (χ3v) is 4.86. The van der Waals surface area contributed by atoms with E-state index in [0.717, 1.165) is 37.6 Å². The minimum Gasteiger partial charge on any atom is -0.383 e. The Bertz CT molecular complexity index is 653. The van der Waals surface area contributed by atoms with Crippen LogP contribution in [0.2, 0.25) is 0 Å². The summed E-state index contributed by atoms with van der Waals surface area (Å²) >= 11 is 0. The van der Waals surface area contributed by atoms with Crippen LogP contribution in [0.5, 0.6) is 5.75 Å². The maximum absolute atomic E-state index is 12.7. The molecule has 27 heavy (non-hydrogen) atoms. The van der Waals surface area contributed by atoms with E-state index in [-0.39, 0.29) is 11.7 Å². The topological polar surface area (TPSA) is 63.7 Å². The van der Waals surface area contributed by atoms with Crippen molar-refractivity contribution in [3.8, 4) is 5.75 Å². The van der Waals surface area contributed by atoms with Gasteiger partial charge in [-0.3, -0.25) is 4.79 Å². The Morgan fingerprint density at radius 3 is 2.26 bits per heavy atom. The van der Waals surface area contributed by atoms with E-state index in [1.165, 1.54) is 19.3 Å². The fourth-order valence-electron chi connectivity index (χ4n) is 2.79. The predicted octanol–water partition coefficient (Wildman–Crippen LogP) is 4.76. The first-order valence-electron chi connectivity index (χ1n) is 9.97. The van der Waals surface area contributed by atoms with Gasteiger partial charge in [-0.15, -0.1) is 0 Å². The fraction of sp³-hybridized carbons (Fsp3) is 0.667. The van der Waals surface area contributed by atoms with E-state index in [4.69, 9.17) is 4.18 Å². The minimum atomic E-state index is -3.53. The van der Waals surface area contributed by atoms with Crippen molar-refractivity contribution < 1.29 is 17.4 Å². The highest BCUT2D eigenvalue weighted by molar-refractivity contribution is 7.86. The number of benzene rings is 1. The van der Waals surface area contributed by atoms with Crippen molar-refractivity contribution in [1.82, 2.24) is 4.90 Å². The van der Waals surface area contributed by atoms with E-state index in [9.17, 15) is 13.2 Å². The Morgan fingerprint density at radius 2 is 1.70 bits per heavy atom. The quantitative estimate of drug-likeness (QED) is 0.356. The molecule has 6 heteroatoms. The van der Waals surface area contributed by atoms with Crippen molar-refractivity contribution in [3.63, 3.8) is 0 Å². The third-order valence-electron chi connectivity index (χ3n) is 4.37. The van der Waals surface area contributed by atoms with Gasteiger partial charge in [0, 0.05) is 19.5 Å². The molecule has 154 valence electrons. The van der Waals surface area contributed by atoms with Crippen LogP contribution in [0.4, 0.5) is 0 Å². The molecule has 1 amide bonds. The minimum absolute atomic E-state index is 0.198. The largest absolute Gasteiger partial charge is 0.383 e. The number of amides is 1. The van der Waals surface area contributed by atoms with Gasteiger partial charge in [0.15, 0.2) is 0 Å². The van der Waals surface area contributed by atoms with Crippen LogP contribution in [0.25, 0.3) is 0 Å². The molecular weight excluding hydrogens is 362 g/mol. The molecule has 1 aromatic rings. The Morgan fingerprint density at radius 1 is 1.07 bits per heavy atom. The molecule has 0 fully saturated rings. The molecule has 0 radical (unpaired) electrons. The number of carbonyl (C=O) groups excluding carboxylic acids is 1. The van der Waals surface area contributed by atoms with Gasteiger partial charge in [-0.1, -0.05) is 58.6 Å². The zero-order valence-corrected chi connectivity index (χ0v) is 18.1. The van der Waals surface area contributed by atoms with Gasteiger partial charge < -0.3 is 9.08 Å². The molecule has 0 saturated carbocycles. The number of carbonyl (C=O) groups is 1. The smallest absolute Gasteiger partial charge is 0.306 e. The number of unbranched alkanes of at least 4 members (excludes halogenated alkanes) is 4. The van der Waals surface area contributed by atoms with Crippen molar-refractivity contribution in [1.29, 1.82) is 0 Å². The Labute approximate surface area is 165 Å². The van der Waals surface area contributed by atoms with Crippen LogP contribution >= 0.6 is 0 Å². The van der Waals surface area contributed by atoms with Crippen molar-refractivity contribution in [2.45, 2.75) is 72.3 Å². The first-order chi connectivity index (χ1) is 12.7. The summed E-state index contributed by atoms with van der Waals surface area (Å²) < 4.78 is 27.3. The summed E-state index contributed by atoms with van der Waals surface area (Å²) in [6.07, 6.45) is 8.26. The lowest BCUT2D eigenvalue weighted by molar-refractivity contribution is -0.132. The molecular formula is C21H35NO4S. The lowest BCUT2D eigenvalue weighted by Gasteiger charge is -2.24. The van der Waals surface area contributed by atoms with Crippen LogP contribution in [-0.2, 0) is 21.5 Å². The SMILES string of the molecule is CCCCCCCC(=O)N(CCC(C)C)Cc1ccc(OS(C)(=O)=O)cc1. The molecule has 0 N–H and O–H groups in total. The molecule has 0 atom stereocenters. The van der Waals surface area contributed by atoms with Gasteiger partial charge >= 0.3 is 10.1 Å². The van der Waals surface area contributed by atoms with Crippen molar-refractivity contribution in [3.05, 3.63) is 29.8 Å². The summed E-state index contributed by atoms with van der Waals surface area (Å²) in [7, 11) is -3.53. The maximum Gasteiger partial charge on any atom is 0.306 e. The summed E-state index contributed by atoms with van der Waals surface area (Å²) in [5, 5.41) is 0. The summed E-state index contributed by atoms with van der Waals surface area (Å²) in [6, 6.07) is 6.90. The van der Waals surface area contributed by atoms with Crippen LogP contribution < -0.4 is 4.18 Å². The van der Waals surface area contributed by atoms with Crippen molar-refractivity contribution >= 4 is 16.0 Å². The van der Waals surface area contributed by atoms with Crippen molar-refractivity contribution in [2.75, 3.05) is 12.8 Å². The Balaban J connectivity index is 2.66. The summed E-state index contributed by atoms with van der Waals surface area (Å²) in [5.41, 5.74) is 0.971. The highest BCUT2D eigenvalue weighted by Crippen LogP contribution is 2.17. The molecule has 0 aliphatic rings. The monoisotopic (exact) mass is 397 g/mol. The van der Waals surface area contributed by atoms with Crippen LogP contribution in [-0.4, -0.2) is 32.0 Å². The summed E-state index contributed by atoms with van der Waals surface area (Å²) in [5.74, 6) is 1.02. The molecule has 1 rings (SSSR count). The van der Waals surface area contributed by atoms with Gasteiger partial charge in [-0.2, -0.15) is 8.42 Å². The molecule has 5 nitrogen and oxygen atoms in total.